The normalized spacial score (nSPS) is 11.0. The zero-order valence-corrected chi connectivity index (χ0v) is 16.7. The Balaban J connectivity index is 1.77. The third-order valence-corrected chi connectivity index (χ3v) is 4.64. The van der Waals surface area contributed by atoms with Gasteiger partial charge in [-0.25, -0.2) is 4.98 Å². The molecule has 0 saturated heterocycles. The fourth-order valence-corrected chi connectivity index (χ4v) is 3.16. The number of carbonyl (C=O) groups excluding carboxylic acids is 1. The summed E-state index contributed by atoms with van der Waals surface area (Å²) in [6, 6.07) is 16.1. The zero-order valence-electron chi connectivity index (χ0n) is 16.7. The summed E-state index contributed by atoms with van der Waals surface area (Å²) in [5, 5.41) is 2.87. The lowest BCUT2D eigenvalue weighted by Gasteiger charge is -2.15. The molecule has 3 aromatic rings. The van der Waals surface area contributed by atoms with Crippen molar-refractivity contribution in [2.45, 2.75) is 39.8 Å². The highest BCUT2D eigenvalue weighted by atomic mass is 16.5. The van der Waals surface area contributed by atoms with E-state index in [-0.39, 0.29) is 5.91 Å². The van der Waals surface area contributed by atoms with Gasteiger partial charge in [0.05, 0.1) is 24.1 Å². The minimum atomic E-state index is -0.166. The van der Waals surface area contributed by atoms with Crippen LogP contribution in [0.4, 0.5) is 0 Å². The first-order valence-corrected chi connectivity index (χ1v) is 9.57. The SMILES string of the molecule is C=C(C)C(=O)NCc1nc2ccccc2n1CCOc1ccccc1C(C)C. The predicted octanol–water partition coefficient (Wildman–Crippen LogP) is 4.43. The lowest BCUT2D eigenvalue weighted by molar-refractivity contribution is -0.117. The lowest BCUT2D eigenvalue weighted by Crippen LogP contribution is -2.25. The fraction of sp³-hybridized carbons (Fsp3) is 0.304. The Morgan fingerprint density at radius 3 is 2.64 bits per heavy atom. The molecular formula is C23H27N3O2. The number of carbonyl (C=O) groups is 1. The van der Waals surface area contributed by atoms with Crippen LogP contribution in [0.2, 0.25) is 0 Å². The maximum atomic E-state index is 11.9. The molecule has 0 radical (unpaired) electrons. The van der Waals surface area contributed by atoms with Gasteiger partial charge < -0.3 is 14.6 Å². The number of ether oxygens (including phenoxy) is 1. The first-order valence-electron chi connectivity index (χ1n) is 9.57. The minimum absolute atomic E-state index is 0.166. The van der Waals surface area contributed by atoms with Crippen molar-refractivity contribution in [1.82, 2.24) is 14.9 Å². The molecule has 28 heavy (non-hydrogen) atoms. The van der Waals surface area contributed by atoms with Gasteiger partial charge in [-0.1, -0.05) is 50.8 Å². The van der Waals surface area contributed by atoms with E-state index in [0.29, 0.717) is 31.2 Å². The van der Waals surface area contributed by atoms with Crippen LogP contribution < -0.4 is 10.1 Å². The number of para-hydroxylation sites is 3. The largest absolute Gasteiger partial charge is 0.491 e. The summed E-state index contributed by atoms with van der Waals surface area (Å²) in [6.07, 6.45) is 0. The Morgan fingerprint density at radius 2 is 1.89 bits per heavy atom. The molecule has 0 aliphatic rings. The molecule has 1 amide bonds. The van der Waals surface area contributed by atoms with Crippen LogP contribution in [-0.2, 0) is 17.9 Å². The molecular weight excluding hydrogens is 350 g/mol. The van der Waals surface area contributed by atoms with Crippen LogP contribution >= 0.6 is 0 Å². The van der Waals surface area contributed by atoms with Crippen LogP contribution in [0.3, 0.4) is 0 Å². The summed E-state index contributed by atoms with van der Waals surface area (Å²) in [4.78, 5) is 16.5. The second-order valence-electron chi connectivity index (χ2n) is 7.17. The average Bonchev–Trinajstić information content (AvgIpc) is 3.04. The van der Waals surface area contributed by atoms with Crippen LogP contribution in [0.5, 0.6) is 5.75 Å². The molecule has 0 unspecified atom stereocenters. The molecule has 1 heterocycles. The molecule has 0 atom stereocenters. The van der Waals surface area contributed by atoms with Crippen LogP contribution in [-0.4, -0.2) is 22.1 Å². The summed E-state index contributed by atoms with van der Waals surface area (Å²) in [7, 11) is 0. The molecule has 1 aromatic heterocycles. The Hall–Kier alpha value is -3.08. The molecule has 0 aliphatic carbocycles. The molecule has 0 fully saturated rings. The molecule has 146 valence electrons. The fourth-order valence-electron chi connectivity index (χ4n) is 3.16. The molecule has 3 rings (SSSR count). The monoisotopic (exact) mass is 377 g/mol. The van der Waals surface area contributed by atoms with E-state index in [1.54, 1.807) is 6.92 Å². The van der Waals surface area contributed by atoms with Crippen molar-refractivity contribution in [3.63, 3.8) is 0 Å². The van der Waals surface area contributed by atoms with Gasteiger partial charge in [0.2, 0.25) is 5.91 Å². The summed E-state index contributed by atoms with van der Waals surface area (Å²) in [6.45, 7) is 11.2. The van der Waals surface area contributed by atoms with Crippen LogP contribution in [0.15, 0.2) is 60.7 Å². The first-order chi connectivity index (χ1) is 13.5. The lowest BCUT2D eigenvalue weighted by atomic mass is 10.0. The van der Waals surface area contributed by atoms with Crippen molar-refractivity contribution in [1.29, 1.82) is 0 Å². The number of fused-ring (bicyclic) bond motifs is 1. The number of nitrogens with one attached hydrogen (secondary N) is 1. The van der Waals surface area contributed by atoms with Gasteiger partial charge >= 0.3 is 0 Å². The number of aromatic nitrogens is 2. The number of benzene rings is 2. The highest BCUT2D eigenvalue weighted by molar-refractivity contribution is 5.92. The van der Waals surface area contributed by atoms with Gasteiger partial charge in [-0.2, -0.15) is 0 Å². The molecule has 0 aliphatic heterocycles. The van der Waals surface area contributed by atoms with E-state index in [1.165, 1.54) is 5.56 Å². The van der Waals surface area contributed by atoms with Crippen molar-refractivity contribution >= 4 is 16.9 Å². The predicted molar refractivity (Wildman–Crippen MR) is 112 cm³/mol. The summed E-state index contributed by atoms with van der Waals surface area (Å²) >= 11 is 0. The Morgan fingerprint density at radius 1 is 1.18 bits per heavy atom. The topological polar surface area (TPSA) is 56.2 Å². The quantitative estimate of drug-likeness (QED) is 0.591. The molecule has 0 spiro atoms. The molecule has 1 N–H and O–H groups in total. The van der Waals surface area contributed by atoms with E-state index in [1.807, 2.05) is 42.5 Å². The third kappa shape index (κ3) is 4.42. The van der Waals surface area contributed by atoms with Crippen molar-refractivity contribution in [2.75, 3.05) is 6.61 Å². The van der Waals surface area contributed by atoms with Crippen molar-refractivity contribution < 1.29 is 9.53 Å². The van der Waals surface area contributed by atoms with Crippen molar-refractivity contribution in [2.24, 2.45) is 0 Å². The molecule has 5 heteroatoms. The van der Waals surface area contributed by atoms with Gasteiger partial charge in [-0.15, -0.1) is 0 Å². The highest BCUT2D eigenvalue weighted by Crippen LogP contribution is 2.26. The van der Waals surface area contributed by atoms with Gasteiger partial charge in [0.15, 0.2) is 0 Å². The smallest absolute Gasteiger partial charge is 0.246 e. The minimum Gasteiger partial charge on any atom is -0.491 e. The maximum Gasteiger partial charge on any atom is 0.246 e. The van der Waals surface area contributed by atoms with E-state index in [9.17, 15) is 4.79 Å². The first kappa shape index (κ1) is 19.7. The number of hydrogen-bond acceptors (Lipinski definition) is 3. The molecule has 5 nitrogen and oxygen atoms in total. The second kappa shape index (κ2) is 8.74. The van der Waals surface area contributed by atoms with E-state index in [4.69, 9.17) is 4.74 Å². The second-order valence-corrected chi connectivity index (χ2v) is 7.17. The van der Waals surface area contributed by atoms with Gasteiger partial charge in [0.1, 0.15) is 18.2 Å². The van der Waals surface area contributed by atoms with Crippen molar-refractivity contribution in [3.05, 3.63) is 72.1 Å². The van der Waals surface area contributed by atoms with Crippen LogP contribution in [0.25, 0.3) is 11.0 Å². The van der Waals surface area contributed by atoms with Crippen LogP contribution in [0.1, 0.15) is 38.1 Å². The number of amides is 1. The van der Waals surface area contributed by atoms with E-state index in [0.717, 1.165) is 22.6 Å². The van der Waals surface area contributed by atoms with Gasteiger partial charge in [0, 0.05) is 5.57 Å². The van der Waals surface area contributed by atoms with E-state index in [2.05, 4.69) is 41.4 Å². The van der Waals surface area contributed by atoms with Gasteiger partial charge in [0.25, 0.3) is 0 Å². The zero-order chi connectivity index (χ0) is 20.1. The number of hydrogen-bond donors (Lipinski definition) is 1. The van der Waals surface area contributed by atoms with E-state index < -0.39 is 0 Å². The molecule has 2 aromatic carbocycles. The summed E-state index contributed by atoms with van der Waals surface area (Å²) in [5.74, 6) is 1.95. The van der Waals surface area contributed by atoms with Gasteiger partial charge in [-0.3, -0.25) is 4.79 Å². The number of nitrogens with zero attached hydrogens (tertiary/aromatic N) is 2. The van der Waals surface area contributed by atoms with E-state index >= 15 is 0 Å². The third-order valence-electron chi connectivity index (χ3n) is 4.64. The Kier molecular flexibility index (Phi) is 6.14. The average molecular weight is 377 g/mol. The Bertz CT molecular complexity index is 988. The Labute approximate surface area is 166 Å². The summed E-state index contributed by atoms with van der Waals surface area (Å²) in [5.41, 5.74) is 3.62. The van der Waals surface area contributed by atoms with Crippen LogP contribution in [0, 0.1) is 0 Å². The molecule has 0 saturated carbocycles. The van der Waals surface area contributed by atoms with Crippen molar-refractivity contribution in [3.8, 4) is 5.75 Å². The van der Waals surface area contributed by atoms with Gasteiger partial charge in [-0.05, 0) is 36.6 Å². The summed E-state index contributed by atoms with van der Waals surface area (Å²) < 4.78 is 8.19. The number of rotatable bonds is 8. The molecule has 0 bridgehead atoms. The standard InChI is InChI=1S/C23H27N3O2/c1-16(2)18-9-5-8-12-21(18)28-14-13-26-20-11-7-6-10-19(20)25-22(26)15-24-23(27)17(3)4/h5-12,16H,3,13-15H2,1-2,4H3,(H,24,27). The maximum absolute atomic E-state index is 11.9. The highest BCUT2D eigenvalue weighted by Gasteiger charge is 2.13. The number of imidazole rings is 1.